The number of anilines is 1. The molecule has 0 bridgehead atoms. The number of carbonyl (C=O) groups is 1. The predicted octanol–water partition coefficient (Wildman–Crippen LogP) is 4.28. The molecule has 2 aromatic rings. The Hall–Kier alpha value is -1.61. The van der Waals surface area contributed by atoms with Crippen LogP contribution in [-0.4, -0.2) is 5.91 Å². The van der Waals surface area contributed by atoms with Gasteiger partial charge in [-0.3, -0.25) is 4.79 Å². The summed E-state index contributed by atoms with van der Waals surface area (Å²) in [5.74, 6) is 0.0782. The number of hydrogen-bond donors (Lipinski definition) is 1. The second-order valence-corrected chi connectivity index (χ2v) is 6.26. The number of aryl methyl sites for hydroxylation is 2. The summed E-state index contributed by atoms with van der Waals surface area (Å²) in [4.78, 5) is 11.6. The maximum atomic E-state index is 11.4. The van der Waals surface area contributed by atoms with Crippen LogP contribution in [0.25, 0.3) is 0 Å². The van der Waals surface area contributed by atoms with Gasteiger partial charge in [0.15, 0.2) is 0 Å². The summed E-state index contributed by atoms with van der Waals surface area (Å²) in [5, 5.41) is 2.87. The number of hydrogen-bond acceptors (Lipinski definition) is 1. The van der Waals surface area contributed by atoms with E-state index in [1.165, 1.54) is 22.3 Å². The highest BCUT2D eigenvalue weighted by molar-refractivity contribution is 9.09. The van der Waals surface area contributed by atoms with Crippen molar-refractivity contribution in [2.75, 3.05) is 5.32 Å². The summed E-state index contributed by atoms with van der Waals surface area (Å²) in [7, 11) is 0. The molecule has 20 heavy (non-hydrogen) atoms. The van der Waals surface area contributed by atoms with E-state index in [4.69, 9.17) is 0 Å². The molecule has 1 aliphatic rings. The largest absolute Gasteiger partial charge is 0.326 e. The van der Waals surface area contributed by atoms with E-state index in [1.54, 1.807) is 0 Å². The van der Waals surface area contributed by atoms with E-state index in [2.05, 4.69) is 65.4 Å². The maximum absolute atomic E-state index is 11.4. The van der Waals surface area contributed by atoms with Gasteiger partial charge in [0.05, 0.1) is 11.2 Å². The topological polar surface area (TPSA) is 29.1 Å². The number of amides is 1. The van der Waals surface area contributed by atoms with E-state index in [0.717, 1.165) is 11.3 Å². The number of benzene rings is 2. The zero-order valence-electron chi connectivity index (χ0n) is 11.5. The van der Waals surface area contributed by atoms with Crippen molar-refractivity contribution in [1.29, 1.82) is 0 Å². The maximum Gasteiger partial charge on any atom is 0.228 e. The van der Waals surface area contributed by atoms with Crippen LogP contribution in [0.4, 0.5) is 5.69 Å². The van der Waals surface area contributed by atoms with Gasteiger partial charge in [0.2, 0.25) is 5.91 Å². The van der Waals surface area contributed by atoms with Gasteiger partial charge >= 0.3 is 0 Å². The third kappa shape index (κ3) is 2.38. The lowest BCUT2D eigenvalue weighted by molar-refractivity contribution is -0.115. The molecule has 0 saturated carbocycles. The summed E-state index contributed by atoms with van der Waals surface area (Å²) in [6, 6.07) is 12.7. The van der Waals surface area contributed by atoms with E-state index in [9.17, 15) is 4.79 Å². The first-order valence-electron chi connectivity index (χ1n) is 6.68. The summed E-state index contributed by atoms with van der Waals surface area (Å²) >= 11 is 3.77. The quantitative estimate of drug-likeness (QED) is 0.818. The van der Waals surface area contributed by atoms with Crippen LogP contribution in [0.1, 0.15) is 32.6 Å². The Labute approximate surface area is 127 Å². The normalized spacial score (nSPS) is 14.8. The Morgan fingerprint density at radius 3 is 2.50 bits per heavy atom. The van der Waals surface area contributed by atoms with Gasteiger partial charge in [0.25, 0.3) is 0 Å². The molecular formula is C17H16BrNO. The van der Waals surface area contributed by atoms with Gasteiger partial charge in [-0.2, -0.15) is 0 Å². The van der Waals surface area contributed by atoms with Crippen molar-refractivity contribution < 1.29 is 4.79 Å². The monoisotopic (exact) mass is 329 g/mol. The van der Waals surface area contributed by atoms with Crippen molar-refractivity contribution >= 4 is 27.5 Å². The predicted molar refractivity (Wildman–Crippen MR) is 85.5 cm³/mol. The van der Waals surface area contributed by atoms with Gasteiger partial charge in [-0.15, -0.1) is 0 Å². The Balaban J connectivity index is 1.94. The standard InChI is InChI=1S/C17H16BrNO/c1-10-3-4-12(7-11(10)2)17(18)13-5-6-15-14(8-13)9-16(20)19-15/h3-8,17H,9H2,1-2H3,(H,19,20). The highest BCUT2D eigenvalue weighted by atomic mass is 79.9. The lowest BCUT2D eigenvalue weighted by atomic mass is 9.98. The third-order valence-corrected chi connectivity index (χ3v) is 4.93. The molecular weight excluding hydrogens is 314 g/mol. The molecule has 3 rings (SSSR count). The van der Waals surface area contributed by atoms with Gasteiger partial charge in [0, 0.05) is 5.69 Å². The lowest BCUT2D eigenvalue weighted by Crippen LogP contribution is -2.03. The summed E-state index contributed by atoms with van der Waals surface area (Å²) < 4.78 is 0. The molecule has 0 spiro atoms. The van der Waals surface area contributed by atoms with E-state index in [0.29, 0.717) is 6.42 Å². The number of carbonyl (C=O) groups excluding carboxylic acids is 1. The number of halogens is 1. The van der Waals surface area contributed by atoms with Crippen molar-refractivity contribution in [2.24, 2.45) is 0 Å². The highest BCUT2D eigenvalue weighted by Gasteiger charge is 2.19. The average molecular weight is 330 g/mol. The fraction of sp³-hybridized carbons (Fsp3) is 0.235. The molecule has 2 aromatic carbocycles. The molecule has 3 heteroatoms. The molecule has 0 aliphatic carbocycles. The van der Waals surface area contributed by atoms with E-state index < -0.39 is 0 Å². The summed E-state index contributed by atoms with van der Waals surface area (Å²) in [5.41, 5.74) is 7.05. The van der Waals surface area contributed by atoms with Gasteiger partial charge in [-0.25, -0.2) is 0 Å². The summed E-state index contributed by atoms with van der Waals surface area (Å²) in [6.45, 7) is 4.25. The number of rotatable bonds is 2. The number of alkyl halides is 1. The molecule has 0 fully saturated rings. The molecule has 1 heterocycles. The molecule has 0 radical (unpaired) electrons. The Kier molecular flexibility index (Phi) is 3.38. The van der Waals surface area contributed by atoms with E-state index >= 15 is 0 Å². The first kappa shape index (κ1) is 13.4. The SMILES string of the molecule is Cc1ccc(C(Br)c2ccc3c(c2)CC(=O)N3)cc1C. The van der Waals surface area contributed by atoms with Crippen molar-refractivity contribution in [3.8, 4) is 0 Å². The van der Waals surface area contributed by atoms with Crippen LogP contribution in [-0.2, 0) is 11.2 Å². The average Bonchev–Trinajstić information content (AvgIpc) is 2.80. The zero-order valence-corrected chi connectivity index (χ0v) is 13.1. The molecule has 1 atom stereocenters. The first-order valence-corrected chi connectivity index (χ1v) is 7.60. The minimum Gasteiger partial charge on any atom is -0.326 e. The van der Waals surface area contributed by atoms with Gasteiger partial charge in [-0.1, -0.05) is 46.3 Å². The molecule has 1 N–H and O–H groups in total. The first-order chi connectivity index (χ1) is 9.54. The fourth-order valence-corrected chi connectivity index (χ4v) is 3.09. The van der Waals surface area contributed by atoms with Gasteiger partial charge in [0.1, 0.15) is 0 Å². The Morgan fingerprint density at radius 1 is 1.05 bits per heavy atom. The van der Waals surface area contributed by atoms with Crippen LogP contribution < -0.4 is 5.32 Å². The Bertz CT molecular complexity index is 693. The van der Waals surface area contributed by atoms with Gasteiger partial charge < -0.3 is 5.32 Å². The number of fused-ring (bicyclic) bond motifs is 1. The van der Waals surface area contributed by atoms with Crippen LogP contribution in [0.2, 0.25) is 0 Å². The fourth-order valence-electron chi connectivity index (χ4n) is 2.52. The van der Waals surface area contributed by atoms with Crippen LogP contribution >= 0.6 is 15.9 Å². The van der Waals surface area contributed by atoms with Crippen LogP contribution in [0.5, 0.6) is 0 Å². The number of nitrogens with one attached hydrogen (secondary N) is 1. The molecule has 102 valence electrons. The minimum absolute atomic E-state index is 0.0782. The van der Waals surface area contributed by atoms with Crippen molar-refractivity contribution in [3.63, 3.8) is 0 Å². The van der Waals surface area contributed by atoms with Crippen LogP contribution in [0.3, 0.4) is 0 Å². The second-order valence-electron chi connectivity index (χ2n) is 5.35. The second kappa shape index (κ2) is 5.06. The molecule has 2 nitrogen and oxygen atoms in total. The van der Waals surface area contributed by atoms with Crippen LogP contribution in [0.15, 0.2) is 36.4 Å². The van der Waals surface area contributed by atoms with Crippen LogP contribution in [0, 0.1) is 13.8 Å². The molecule has 0 aromatic heterocycles. The van der Waals surface area contributed by atoms with E-state index in [-0.39, 0.29) is 10.7 Å². The summed E-state index contributed by atoms with van der Waals surface area (Å²) in [6.07, 6.45) is 0.482. The lowest BCUT2D eigenvalue weighted by Gasteiger charge is -2.13. The molecule has 1 amide bonds. The van der Waals surface area contributed by atoms with Gasteiger partial charge in [-0.05, 0) is 47.7 Å². The highest BCUT2D eigenvalue weighted by Crippen LogP contribution is 2.35. The third-order valence-electron chi connectivity index (χ3n) is 3.87. The minimum atomic E-state index is 0.0782. The molecule has 1 unspecified atom stereocenters. The van der Waals surface area contributed by atoms with Crippen molar-refractivity contribution in [3.05, 3.63) is 64.2 Å². The Morgan fingerprint density at radius 2 is 1.75 bits per heavy atom. The van der Waals surface area contributed by atoms with E-state index in [1.807, 2.05) is 6.07 Å². The molecule has 1 aliphatic heterocycles. The van der Waals surface area contributed by atoms with Crippen molar-refractivity contribution in [2.45, 2.75) is 25.1 Å². The smallest absolute Gasteiger partial charge is 0.228 e. The zero-order chi connectivity index (χ0) is 14.3. The molecule has 0 saturated heterocycles. The van der Waals surface area contributed by atoms with Crippen molar-refractivity contribution in [1.82, 2.24) is 0 Å².